The third kappa shape index (κ3) is 7.41. The van der Waals surface area contributed by atoms with Crippen molar-refractivity contribution in [2.45, 2.75) is 39.5 Å². The van der Waals surface area contributed by atoms with Gasteiger partial charge in [-0.25, -0.2) is 0 Å². The van der Waals surface area contributed by atoms with Gasteiger partial charge in [-0.3, -0.25) is 9.79 Å². The molecule has 138 valence electrons. The minimum absolute atomic E-state index is 0.0690. The molecule has 1 unspecified atom stereocenters. The molecule has 0 saturated carbocycles. The van der Waals surface area contributed by atoms with Crippen LogP contribution in [-0.4, -0.2) is 32.3 Å². The fraction of sp³-hybridized carbons (Fsp3) is 0.500. The number of aliphatic imine (C=N–C) groups is 1. The largest absolute Gasteiger partial charge is 0.355 e. The lowest BCUT2D eigenvalue weighted by Gasteiger charge is -2.26. The van der Waals surface area contributed by atoms with Gasteiger partial charge < -0.3 is 10.6 Å². The van der Waals surface area contributed by atoms with E-state index in [-0.39, 0.29) is 11.8 Å². The summed E-state index contributed by atoms with van der Waals surface area (Å²) >= 11 is 5.87. The molecule has 1 aliphatic rings. The molecule has 0 spiro atoms. The highest BCUT2D eigenvalue weighted by atomic mass is 35.5. The Balaban J connectivity index is 3.12. The number of hydrogen-bond acceptors (Lipinski definition) is 3. The zero-order valence-electron chi connectivity index (χ0n) is 15.6. The van der Waals surface area contributed by atoms with Gasteiger partial charge in [0, 0.05) is 37.3 Å². The van der Waals surface area contributed by atoms with Crippen molar-refractivity contribution in [2.75, 3.05) is 20.1 Å². The topological polar surface area (TPSA) is 53.5 Å². The average molecular weight is 364 g/mol. The molecule has 1 rings (SSSR count). The van der Waals surface area contributed by atoms with Gasteiger partial charge in [0.1, 0.15) is 0 Å². The Hall–Kier alpha value is -1.65. The highest BCUT2D eigenvalue weighted by molar-refractivity contribution is 6.29. The number of rotatable bonds is 9. The SMILES string of the molecule is C=CC(/C=N/C1=C(C(=O)NC)CNCC1CCCCC)=C\C=C(/C)Cl. The van der Waals surface area contributed by atoms with Crippen molar-refractivity contribution in [1.29, 1.82) is 0 Å². The van der Waals surface area contributed by atoms with Crippen LogP contribution in [0.5, 0.6) is 0 Å². The summed E-state index contributed by atoms with van der Waals surface area (Å²) in [5.74, 6) is 0.181. The van der Waals surface area contributed by atoms with Crippen molar-refractivity contribution in [1.82, 2.24) is 10.6 Å². The third-order valence-corrected chi connectivity index (χ3v) is 4.27. The Morgan fingerprint density at radius 2 is 2.20 bits per heavy atom. The van der Waals surface area contributed by atoms with E-state index >= 15 is 0 Å². The van der Waals surface area contributed by atoms with E-state index in [1.807, 2.05) is 13.0 Å². The molecule has 0 bridgehead atoms. The molecule has 0 aliphatic carbocycles. The molecule has 1 aliphatic heterocycles. The minimum Gasteiger partial charge on any atom is -0.355 e. The number of hydrogen-bond donors (Lipinski definition) is 2. The maximum Gasteiger partial charge on any atom is 0.250 e. The molecule has 0 saturated heterocycles. The Morgan fingerprint density at radius 1 is 1.44 bits per heavy atom. The van der Waals surface area contributed by atoms with Crippen LogP contribution in [0, 0.1) is 5.92 Å². The quantitative estimate of drug-likeness (QED) is 0.368. The van der Waals surface area contributed by atoms with Crippen molar-refractivity contribution in [3.63, 3.8) is 0 Å². The number of amides is 1. The van der Waals surface area contributed by atoms with Gasteiger partial charge in [0.15, 0.2) is 0 Å². The normalized spacial score (nSPS) is 19.4. The number of halogens is 1. The summed E-state index contributed by atoms with van der Waals surface area (Å²) in [6.07, 6.45) is 11.7. The number of likely N-dealkylation sites (N-methyl/N-ethyl adjacent to an activating group) is 1. The van der Waals surface area contributed by atoms with Crippen LogP contribution in [0.3, 0.4) is 0 Å². The molecule has 0 aromatic carbocycles. The fourth-order valence-electron chi connectivity index (χ4n) is 2.73. The zero-order chi connectivity index (χ0) is 18.7. The Labute approximate surface area is 156 Å². The predicted octanol–water partition coefficient (Wildman–Crippen LogP) is 4.11. The maximum absolute atomic E-state index is 12.2. The Morgan fingerprint density at radius 3 is 2.80 bits per heavy atom. The second-order valence-electron chi connectivity index (χ2n) is 6.15. The molecule has 1 amide bonds. The summed E-state index contributed by atoms with van der Waals surface area (Å²) in [7, 11) is 1.65. The number of nitrogens with zero attached hydrogens (tertiary/aromatic N) is 1. The number of carbonyl (C=O) groups excluding carboxylic acids is 1. The highest BCUT2D eigenvalue weighted by Gasteiger charge is 2.25. The zero-order valence-corrected chi connectivity index (χ0v) is 16.3. The lowest BCUT2D eigenvalue weighted by Crippen LogP contribution is -2.37. The molecule has 5 heteroatoms. The second-order valence-corrected chi connectivity index (χ2v) is 6.75. The van der Waals surface area contributed by atoms with Gasteiger partial charge in [-0.15, -0.1) is 0 Å². The minimum atomic E-state index is -0.0690. The molecule has 0 aromatic heterocycles. The first-order valence-electron chi connectivity index (χ1n) is 8.89. The van der Waals surface area contributed by atoms with Crippen LogP contribution in [0.25, 0.3) is 0 Å². The number of allylic oxidation sites excluding steroid dienone is 5. The van der Waals surface area contributed by atoms with Gasteiger partial charge >= 0.3 is 0 Å². The summed E-state index contributed by atoms with van der Waals surface area (Å²) in [6, 6.07) is 0. The molecule has 2 N–H and O–H groups in total. The lowest BCUT2D eigenvalue weighted by atomic mass is 9.91. The van der Waals surface area contributed by atoms with Crippen LogP contribution < -0.4 is 10.6 Å². The Kier molecular flexibility index (Phi) is 10.1. The van der Waals surface area contributed by atoms with Crippen molar-refractivity contribution < 1.29 is 4.79 Å². The second kappa shape index (κ2) is 11.8. The molecular weight excluding hydrogens is 334 g/mol. The van der Waals surface area contributed by atoms with Crippen LogP contribution in [0.15, 0.2) is 51.7 Å². The smallest absolute Gasteiger partial charge is 0.250 e. The molecule has 1 atom stereocenters. The van der Waals surface area contributed by atoms with E-state index in [0.717, 1.165) is 36.2 Å². The monoisotopic (exact) mass is 363 g/mol. The van der Waals surface area contributed by atoms with Crippen LogP contribution in [0.2, 0.25) is 0 Å². The van der Waals surface area contributed by atoms with E-state index in [0.29, 0.717) is 11.6 Å². The van der Waals surface area contributed by atoms with Gasteiger partial charge in [-0.1, -0.05) is 56.5 Å². The van der Waals surface area contributed by atoms with Gasteiger partial charge in [-0.05, 0) is 25.0 Å². The highest BCUT2D eigenvalue weighted by Crippen LogP contribution is 2.26. The predicted molar refractivity (Wildman–Crippen MR) is 108 cm³/mol. The maximum atomic E-state index is 12.2. The molecular formula is C20H30ClN3O. The summed E-state index contributed by atoms with van der Waals surface area (Å²) in [5.41, 5.74) is 2.46. The first-order valence-corrected chi connectivity index (χ1v) is 9.27. The van der Waals surface area contributed by atoms with E-state index in [2.05, 4.69) is 29.1 Å². The van der Waals surface area contributed by atoms with Crippen LogP contribution in [-0.2, 0) is 4.79 Å². The number of carbonyl (C=O) groups is 1. The Bertz CT molecular complexity index is 584. The van der Waals surface area contributed by atoms with Crippen molar-refractivity contribution in [2.24, 2.45) is 10.9 Å². The fourth-order valence-corrected chi connectivity index (χ4v) is 2.80. The van der Waals surface area contributed by atoms with Gasteiger partial charge in [0.2, 0.25) is 5.91 Å². The summed E-state index contributed by atoms with van der Waals surface area (Å²) < 4.78 is 0. The van der Waals surface area contributed by atoms with E-state index < -0.39 is 0 Å². The first kappa shape index (κ1) is 21.4. The summed E-state index contributed by atoms with van der Waals surface area (Å²) in [6.45, 7) is 9.22. The van der Waals surface area contributed by atoms with E-state index in [1.54, 1.807) is 25.4 Å². The van der Waals surface area contributed by atoms with Gasteiger partial charge in [-0.2, -0.15) is 0 Å². The number of nitrogens with one attached hydrogen (secondary N) is 2. The average Bonchev–Trinajstić information content (AvgIpc) is 2.61. The standard InChI is InChI=1S/C20H30ClN3O/c1-5-7-8-9-17-13-23-14-18(20(25)22-4)19(17)24-12-16(6-2)11-10-15(3)21/h6,10-12,17,23H,2,5,7-9,13-14H2,1,3-4H3,(H,22,25)/b15-10+,16-11+,24-12+. The third-order valence-electron chi connectivity index (χ3n) is 4.14. The van der Waals surface area contributed by atoms with Crippen LogP contribution in [0.4, 0.5) is 0 Å². The molecule has 0 fully saturated rings. The molecule has 0 radical (unpaired) electrons. The number of unbranched alkanes of at least 4 members (excludes halogenated alkanes) is 2. The van der Waals surface area contributed by atoms with E-state index in [9.17, 15) is 4.79 Å². The van der Waals surface area contributed by atoms with Crippen molar-refractivity contribution in [3.8, 4) is 0 Å². The van der Waals surface area contributed by atoms with Gasteiger partial charge in [0.25, 0.3) is 0 Å². The summed E-state index contributed by atoms with van der Waals surface area (Å²) in [4.78, 5) is 16.9. The molecule has 25 heavy (non-hydrogen) atoms. The lowest BCUT2D eigenvalue weighted by molar-refractivity contribution is -0.117. The van der Waals surface area contributed by atoms with Crippen LogP contribution in [0.1, 0.15) is 39.5 Å². The first-order chi connectivity index (χ1) is 12.0. The van der Waals surface area contributed by atoms with Crippen molar-refractivity contribution >= 4 is 23.7 Å². The summed E-state index contributed by atoms with van der Waals surface area (Å²) in [5, 5.41) is 6.76. The van der Waals surface area contributed by atoms with Gasteiger partial charge in [0.05, 0.1) is 11.3 Å². The molecule has 0 aromatic rings. The molecule has 4 nitrogen and oxygen atoms in total. The van der Waals surface area contributed by atoms with E-state index in [1.165, 1.54) is 12.8 Å². The van der Waals surface area contributed by atoms with E-state index in [4.69, 9.17) is 11.6 Å². The van der Waals surface area contributed by atoms with Crippen LogP contribution >= 0.6 is 11.6 Å². The van der Waals surface area contributed by atoms with Crippen molar-refractivity contribution in [3.05, 3.63) is 46.7 Å². The molecule has 1 heterocycles.